The molecule has 0 saturated heterocycles. The van der Waals surface area contributed by atoms with Crippen LogP contribution in [0.4, 0.5) is 5.69 Å². The molecular formula is C15H20N2OS. The quantitative estimate of drug-likeness (QED) is 0.871. The zero-order valence-electron chi connectivity index (χ0n) is 11.2. The number of rotatable bonds is 2. The minimum atomic E-state index is -0.497. The topological polar surface area (TPSA) is 55.1 Å². The first kappa shape index (κ1) is 13.0. The number of thioether (sulfide) groups is 1. The largest absolute Gasteiger partial charge is 0.324 e. The highest BCUT2D eigenvalue weighted by atomic mass is 32.2. The number of anilines is 1. The first-order valence-electron chi connectivity index (χ1n) is 7.00. The van der Waals surface area contributed by atoms with Crippen LogP contribution in [0.3, 0.4) is 0 Å². The maximum Gasteiger partial charge on any atom is 0.245 e. The lowest BCUT2D eigenvalue weighted by atomic mass is 9.91. The second-order valence-electron chi connectivity index (χ2n) is 5.73. The Morgan fingerprint density at radius 2 is 2.21 bits per heavy atom. The molecule has 102 valence electrons. The smallest absolute Gasteiger partial charge is 0.245 e. The van der Waals surface area contributed by atoms with Gasteiger partial charge in [0.25, 0.3) is 0 Å². The van der Waals surface area contributed by atoms with Gasteiger partial charge in [0, 0.05) is 21.4 Å². The van der Waals surface area contributed by atoms with Crippen molar-refractivity contribution in [3.8, 4) is 0 Å². The van der Waals surface area contributed by atoms with E-state index in [-0.39, 0.29) is 5.91 Å². The molecule has 0 bridgehead atoms. The first-order valence-corrected chi connectivity index (χ1v) is 7.88. The SMILES string of the molecule is CC1CCCC(Sc2ccc3c(c2)NC(=O)C3N)C1. The molecule has 0 radical (unpaired) electrons. The fourth-order valence-corrected chi connectivity index (χ4v) is 4.44. The van der Waals surface area contributed by atoms with Crippen molar-refractivity contribution in [2.24, 2.45) is 11.7 Å². The van der Waals surface area contributed by atoms with Gasteiger partial charge in [0.2, 0.25) is 5.91 Å². The molecule has 0 spiro atoms. The van der Waals surface area contributed by atoms with Gasteiger partial charge in [0.05, 0.1) is 0 Å². The fraction of sp³-hybridized carbons (Fsp3) is 0.533. The third-order valence-corrected chi connectivity index (χ3v) is 5.38. The maximum absolute atomic E-state index is 11.5. The van der Waals surface area contributed by atoms with E-state index >= 15 is 0 Å². The number of nitrogens with one attached hydrogen (secondary N) is 1. The molecule has 3 unspecified atom stereocenters. The van der Waals surface area contributed by atoms with Gasteiger partial charge in [-0.15, -0.1) is 11.8 Å². The number of carbonyl (C=O) groups excluding carboxylic acids is 1. The van der Waals surface area contributed by atoms with Crippen LogP contribution in [0.25, 0.3) is 0 Å². The molecule has 3 N–H and O–H groups in total. The Morgan fingerprint density at radius 3 is 3.00 bits per heavy atom. The van der Waals surface area contributed by atoms with Crippen LogP contribution in [0.1, 0.15) is 44.2 Å². The summed E-state index contributed by atoms with van der Waals surface area (Å²) in [5.41, 5.74) is 7.64. The molecule has 3 nitrogen and oxygen atoms in total. The summed E-state index contributed by atoms with van der Waals surface area (Å²) >= 11 is 1.94. The van der Waals surface area contributed by atoms with E-state index in [1.807, 2.05) is 17.8 Å². The average Bonchev–Trinajstić information content (AvgIpc) is 2.65. The van der Waals surface area contributed by atoms with Crippen LogP contribution in [0.5, 0.6) is 0 Å². The highest BCUT2D eigenvalue weighted by molar-refractivity contribution is 8.00. The van der Waals surface area contributed by atoms with Crippen LogP contribution in [0.2, 0.25) is 0 Å². The normalized spacial score (nSPS) is 30.0. The lowest BCUT2D eigenvalue weighted by molar-refractivity contribution is -0.116. The summed E-state index contributed by atoms with van der Waals surface area (Å²) in [6, 6.07) is 5.67. The minimum Gasteiger partial charge on any atom is -0.324 e. The molecule has 1 aromatic carbocycles. The highest BCUT2D eigenvalue weighted by Gasteiger charge is 2.27. The Kier molecular flexibility index (Phi) is 3.54. The van der Waals surface area contributed by atoms with Crippen LogP contribution in [-0.4, -0.2) is 11.2 Å². The van der Waals surface area contributed by atoms with E-state index in [1.165, 1.54) is 30.6 Å². The second kappa shape index (κ2) is 5.17. The van der Waals surface area contributed by atoms with Gasteiger partial charge in [-0.3, -0.25) is 4.79 Å². The molecule has 1 aliphatic heterocycles. The van der Waals surface area contributed by atoms with Crippen molar-refractivity contribution in [3.05, 3.63) is 23.8 Å². The van der Waals surface area contributed by atoms with Crippen LogP contribution >= 0.6 is 11.8 Å². The van der Waals surface area contributed by atoms with E-state index < -0.39 is 6.04 Å². The second-order valence-corrected chi connectivity index (χ2v) is 7.10. The molecule has 2 aliphatic rings. The molecule has 0 aromatic heterocycles. The number of carbonyl (C=O) groups is 1. The lowest BCUT2D eigenvalue weighted by Gasteiger charge is -2.26. The Balaban J connectivity index is 1.73. The van der Waals surface area contributed by atoms with Crippen molar-refractivity contribution in [1.29, 1.82) is 0 Å². The molecule has 1 fully saturated rings. The Bertz CT molecular complexity index is 503. The summed E-state index contributed by atoms with van der Waals surface area (Å²) in [7, 11) is 0. The van der Waals surface area contributed by atoms with Crippen molar-refractivity contribution in [2.75, 3.05) is 5.32 Å². The molecular weight excluding hydrogens is 256 g/mol. The van der Waals surface area contributed by atoms with Gasteiger partial charge in [-0.05, 0) is 30.9 Å². The minimum absolute atomic E-state index is 0.0940. The number of benzene rings is 1. The Hall–Kier alpha value is -1.00. The molecule has 4 heteroatoms. The Labute approximate surface area is 118 Å². The molecule has 3 atom stereocenters. The first-order chi connectivity index (χ1) is 9.13. The van der Waals surface area contributed by atoms with E-state index in [1.54, 1.807) is 0 Å². The summed E-state index contributed by atoms with van der Waals surface area (Å²) in [6.45, 7) is 2.34. The van der Waals surface area contributed by atoms with Crippen molar-refractivity contribution in [3.63, 3.8) is 0 Å². The van der Waals surface area contributed by atoms with Gasteiger partial charge in [-0.25, -0.2) is 0 Å². The molecule has 1 saturated carbocycles. The maximum atomic E-state index is 11.5. The van der Waals surface area contributed by atoms with Gasteiger partial charge < -0.3 is 11.1 Å². The number of fused-ring (bicyclic) bond motifs is 1. The van der Waals surface area contributed by atoms with Gasteiger partial charge in [0.15, 0.2) is 0 Å². The number of hydrogen-bond acceptors (Lipinski definition) is 3. The van der Waals surface area contributed by atoms with Gasteiger partial charge in [-0.1, -0.05) is 25.8 Å². The van der Waals surface area contributed by atoms with Crippen LogP contribution in [-0.2, 0) is 4.79 Å². The predicted molar refractivity (Wildman–Crippen MR) is 79.3 cm³/mol. The lowest BCUT2D eigenvalue weighted by Crippen LogP contribution is -2.19. The van der Waals surface area contributed by atoms with E-state index in [9.17, 15) is 4.79 Å². The van der Waals surface area contributed by atoms with Gasteiger partial charge in [-0.2, -0.15) is 0 Å². The van der Waals surface area contributed by atoms with Gasteiger partial charge >= 0.3 is 0 Å². The van der Waals surface area contributed by atoms with Crippen molar-refractivity contribution in [1.82, 2.24) is 0 Å². The summed E-state index contributed by atoms with van der Waals surface area (Å²) in [5, 5.41) is 3.57. The molecule has 1 aromatic rings. The van der Waals surface area contributed by atoms with Crippen molar-refractivity contribution in [2.45, 2.75) is 48.8 Å². The van der Waals surface area contributed by atoms with E-state index in [2.05, 4.69) is 24.4 Å². The standard InChI is InChI=1S/C15H20N2OS/c1-9-3-2-4-10(7-9)19-11-5-6-12-13(8-11)17-15(18)14(12)16/h5-6,8-10,14H,2-4,7,16H2,1H3,(H,17,18). The summed E-state index contributed by atoms with van der Waals surface area (Å²) in [5.74, 6) is 0.747. The molecule has 3 rings (SSSR count). The van der Waals surface area contributed by atoms with Crippen LogP contribution in [0, 0.1) is 5.92 Å². The van der Waals surface area contributed by atoms with Crippen molar-refractivity contribution >= 4 is 23.4 Å². The third kappa shape index (κ3) is 2.65. The zero-order chi connectivity index (χ0) is 13.4. The zero-order valence-corrected chi connectivity index (χ0v) is 12.0. The Morgan fingerprint density at radius 1 is 1.37 bits per heavy atom. The molecule has 19 heavy (non-hydrogen) atoms. The highest BCUT2D eigenvalue weighted by Crippen LogP contribution is 2.39. The summed E-state index contributed by atoms with van der Waals surface area (Å²) in [4.78, 5) is 12.8. The number of hydrogen-bond donors (Lipinski definition) is 2. The van der Waals surface area contributed by atoms with Crippen LogP contribution < -0.4 is 11.1 Å². The van der Waals surface area contributed by atoms with E-state index in [0.717, 1.165) is 17.2 Å². The molecule has 1 amide bonds. The third-order valence-electron chi connectivity index (χ3n) is 4.09. The van der Waals surface area contributed by atoms with Gasteiger partial charge in [0.1, 0.15) is 6.04 Å². The summed E-state index contributed by atoms with van der Waals surface area (Å²) in [6.07, 6.45) is 5.31. The molecule has 1 aliphatic carbocycles. The fourth-order valence-electron chi connectivity index (χ4n) is 3.02. The number of nitrogens with two attached hydrogens (primary N) is 1. The van der Waals surface area contributed by atoms with E-state index in [4.69, 9.17) is 5.73 Å². The van der Waals surface area contributed by atoms with E-state index in [0.29, 0.717) is 5.25 Å². The predicted octanol–water partition coefficient (Wildman–Crippen LogP) is 3.31. The average molecular weight is 276 g/mol. The van der Waals surface area contributed by atoms with Crippen molar-refractivity contribution < 1.29 is 4.79 Å². The summed E-state index contributed by atoms with van der Waals surface area (Å²) < 4.78 is 0. The molecule has 1 heterocycles. The number of amides is 1. The monoisotopic (exact) mass is 276 g/mol. The van der Waals surface area contributed by atoms with Crippen LogP contribution in [0.15, 0.2) is 23.1 Å².